The Morgan fingerprint density at radius 2 is 2.14 bits per heavy atom. The monoisotopic (exact) mass is 332 g/mol. The van der Waals surface area contributed by atoms with Gasteiger partial charge in [-0.05, 0) is 26.8 Å². The molecule has 120 valence electrons. The average Bonchev–Trinajstić information content (AvgIpc) is 3.01. The van der Waals surface area contributed by atoms with Crippen molar-refractivity contribution in [3.8, 4) is 0 Å². The van der Waals surface area contributed by atoms with Crippen LogP contribution in [-0.2, 0) is 12.7 Å². The molecule has 2 aromatic rings. The molecule has 2 heterocycles. The minimum absolute atomic E-state index is 0.0318. The lowest BCUT2D eigenvalue weighted by atomic mass is 10.3. The molecule has 0 aliphatic rings. The van der Waals surface area contributed by atoms with Crippen molar-refractivity contribution >= 4 is 17.2 Å². The van der Waals surface area contributed by atoms with Crippen LogP contribution in [0.3, 0.4) is 0 Å². The van der Waals surface area contributed by atoms with Crippen molar-refractivity contribution in [3.05, 3.63) is 33.5 Å². The van der Waals surface area contributed by atoms with Crippen LogP contribution in [0.2, 0.25) is 0 Å². The minimum atomic E-state index is -4.54. The molecule has 0 unspecified atom stereocenters. The predicted molar refractivity (Wildman–Crippen MR) is 75.6 cm³/mol. The summed E-state index contributed by atoms with van der Waals surface area (Å²) in [5.74, 6) is -0.579. The molecule has 0 atom stereocenters. The summed E-state index contributed by atoms with van der Waals surface area (Å²) in [7, 11) is 0. The Hall–Kier alpha value is -1.90. The number of aryl methyl sites for hydroxylation is 1. The molecule has 9 heteroatoms. The van der Waals surface area contributed by atoms with Crippen LogP contribution in [0.4, 0.5) is 13.2 Å². The van der Waals surface area contributed by atoms with E-state index in [9.17, 15) is 18.0 Å². The highest BCUT2D eigenvalue weighted by molar-refractivity contribution is 7.13. The van der Waals surface area contributed by atoms with Crippen LogP contribution in [0.25, 0.3) is 0 Å². The molecular formula is C13H15F3N4OS. The summed E-state index contributed by atoms with van der Waals surface area (Å²) in [5.41, 5.74) is 0.711. The molecule has 0 saturated heterocycles. The van der Waals surface area contributed by atoms with Gasteiger partial charge in [-0.1, -0.05) is 0 Å². The summed E-state index contributed by atoms with van der Waals surface area (Å²) in [5, 5.41) is 5.80. The number of hydrogen-bond acceptors (Lipinski definition) is 4. The van der Waals surface area contributed by atoms with Crippen molar-refractivity contribution in [1.82, 2.24) is 20.1 Å². The molecule has 5 nitrogen and oxygen atoms in total. The van der Waals surface area contributed by atoms with E-state index < -0.39 is 17.1 Å². The maximum atomic E-state index is 12.6. The summed E-state index contributed by atoms with van der Waals surface area (Å²) < 4.78 is 39.5. The standard InChI is InChI=1S/C13H15F3N4OS/c1-7(2)20-5-4-9(19-20)6-17-11(21)10-8(3)18-12(22-10)13(14,15)16/h4-5,7H,6H2,1-3H3,(H,17,21). The Morgan fingerprint density at radius 3 is 2.64 bits per heavy atom. The third-order valence-electron chi connectivity index (χ3n) is 2.87. The molecule has 0 aliphatic heterocycles. The highest BCUT2D eigenvalue weighted by atomic mass is 32.1. The largest absolute Gasteiger partial charge is 0.443 e. The number of halogens is 3. The molecule has 0 aromatic carbocycles. The number of carbonyl (C=O) groups excluding carboxylic acids is 1. The van der Waals surface area contributed by atoms with Crippen LogP contribution in [0.15, 0.2) is 12.3 Å². The smallest absolute Gasteiger partial charge is 0.346 e. The molecule has 1 N–H and O–H groups in total. The van der Waals surface area contributed by atoms with E-state index in [1.54, 1.807) is 16.9 Å². The van der Waals surface area contributed by atoms with E-state index in [-0.39, 0.29) is 23.2 Å². The summed E-state index contributed by atoms with van der Waals surface area (Å²) in [6.07, 6.45) is -2.75. The second kappa shape index (κ2) is 6.07. The molecule has 22 heavy (non-hydrogen) atoms. The van der Waals surface area contributed by atoms with Crippen molar-refractivity contribution in [1.29, 1.82) is 0 Å². The molecule has 0 saturated carbocycles. The van der Waals surface area contributed by atoms with Crippen LogP contribution in [0, 0.1) is 6.92 Å². The van der Waals surface area contributed by atoms with Crippen molar-refractivity contribution in [2.75, 3.05) is 0 Å². The third-order valence-corrected chi connectivity index (χ3v) is 4.07. The van der Waals surface area contributed by atoms with Crippen molar-refractivity contribution < 1.29 is 18.0 Å². The molecule has 2 rings (SSSR count). The van der Waals surface area contributed by atoms with E-state index in [0.29, 0.717) is 17.0 Å². The van der Waals surface area contributed by atoms with Crippen molar-refractivity contribution in [2.45, 2.75) is 39.5 Å². The van der Waals surface area contributed by atoms with E-state index in [1.807, 2.05) is 13.8 Å². The molecule has 0 fully saturated rings. The first-order valence-electron chi connectivity index (χ1n) is 6.55. The number of amides is 1. The minimum Gasteiger partial charge on any atom is -0.346 e. The van der Waals surface area contributed by atoms with Gasteiger partial charge in [0.05, 0.1) is 17.9 Å². The number of aromatic nitrogens is 3. The first kappa shape index (κ1) is 16.5. The zero-order chi connectivity index (χ0) is 16.5. The third kappa shape index (κ3) is 3.65. The van der Waals surface area contributed by atoms with E-state index in [2.05, 4.69) is 15.4 Å². The average molecular weight is 332 g/mol. The fourth-order valence-corrected chi connectivity index (χ4v) is 2.59. The summed E-state index contributed by atoms with van der Waals surface area (Å²) in [6.45, 7) is 5.47. The molecule has 2 aromatic heterocycles. The Balaban J connectivity index is 2.04. The van der Waals surface area contributed by atoms with Gasteiger partial charge >= 0.3 is 6.18 Å². The maximum Gasteiger partial charge on any atom is 0.443 e. The topological polar surface area (TPSA) is 59.8 Å². The van der Waals surface area contributed by atoms with Gasteiger partial charge in [-0.2, -0.15) is 18.3 Å². The number of carbonyl (C=O) groups is 1. The van der Waals surface area contributed by atoms with Crippen LogP contribution >= 0.6 is 11.3 Å². The van der Waals surface area contributed by atoms with Crippen molar-refractivity contribution in [2.24, 2.45) is 0 Å². The number of hydrogen-bond donors (Lipinski definition) is 1. The fraction of sp³-hybridized carbons (Fsp3) is 0.462. The second-order valence-corrected chi connectivity index (χ2v) is 5.99. The molecule has 0 bridgehead atoms. The maximum absolute atomic E-state index is 12.6. The fourth-order valence-electron chi connectivity index (χ4n) is 1.74. The molecule has 1 amide bonds. The summed E-state index contributed by atoms with van der Waals surface area (Å²) in [6, 6.07) is 1.95. The lowest BCUT2D eigenvalue weighted by Crippen LogP contribution is -2.23. The van der Waals surface area contributed by atoms with Crippen LogP contribution < -0.4 is 5.32 Å². The van der Waals surface area contributed by atoms with Crippen molar-refractivity contribution in [3.63, 3.8) is 0 Å². The van der Waals surface area contributed by atoms with Gasteiger partial charge in [-0.3, -0.25) is 9.48 Å². The number of alkyl halides is 3. The van der Waals surface area contributed by atoms with E-state index in [1.165, 1.54) is 6.92 Å². The SMILES string of the molecule is Cc1nc(C(F)(F)F)sc1C(=O)NCc1ccn(C(C)C)n1. The summed E-state index contributed by atoms with van der Waals surface area (Å²) in [4.78, 5) is 15.3. The highest BCUT2D eigenvalue weighted by Gasteiger charge is 2.36. The Labute approximate surface area is 129 Å². The number of rotatable bonds is 4. The van der Waals surface area contributed by atoms with Gasteiger partial charge < -0.3 is 5.32 Å². The molecular weight excluding hydrogens is 317 g/mol. The lowest BCUT2D eigenvalue weighted by molar-refractivity contribution is -0.137. The van der Waals surface area contributed by atoms with Gasteiger partial charge in [0.15, 0.2) is 5.01 Å². The van der Waals surface area contributed by atoms with E-state index >= 15 is 0 Å². The van der Waals surface area contributed by atoms with E-state index in [0.717, 1.165) is 0 Å². The number of nitrogens with one attached hydrogen (secondary N) is 1. The van der Waals surface area contributed by atoms with Crippen LogP contribution in [0.1, 0.15) is 46.0 Å². The van der Waals surface area contributed by atoms with Crippen LogP contribution in [0.5, 0.6) is 0 Å². The van der Waals surface area contributed by atoms with Gasteiger partial charge in [0, 0.05) is 12.2 Å². The summed E-state index contributed by atoms with van der Waals surface area (Å²) >= 11 is 0.346. The highest BCUT2D eigenvalue weighted by Crippen LogP contribution is 2.33. The zero-order valence-corrected chi connectivity index (χ0v) is 13.0. The van der Waals surface area contributed by atoms with Gasteiger partial charge in [-0.25, -0.2) is 4.98 Å². The molecule has 0 aliphatic carbocycles. The van der Waals surface area contributed by atoms with Gasteiger partial charge in [-0.15, -0.1) is 11.3 Å². The Bertz CT molecular complexity index is 675. The normalized spacial score (nSPS) is 12.0. The first-order valence-corrected chi connectivity index (χ1v) is 7.37. The Kier molecular flexibility index (Phi) is 4.55. The second-order valence-electron chi connectivity index (χ2n) is 4.99. The van der Waals surface area contributed by atoms with Gasteiger partial charge in [0.1, 0.15) is 4.88 Å². The van der Waals surface area contributed by atoms with Gasteiger partial charge in [0.25, 0.3) is 5.91 Å². The Morgan fingerprint density at radius 1 is 1.45 bits per heavy atom. The lowest BCUT2D eigenvalue weighted by Gasteiger charge is -2.04. The number of nitrogens with zero attached hydrogens (tertiary/aromatic N) is 3. The number of thiazole rings is 1. The van der Waals surface area contributed by atoms with Crippen LogP contribution in [-0.4, -0.2) is 20.7 Å². The van der Waals surface area contributed by atoms with Gasteiger partial charge in [0.2, 0.25) is 0 Å². The quantitative estimate of drug-likeness (QED) is 0.935. The molecule has 0 spiro atoms. The first-order chi connectivity index (χ1) is 10.2. The van der Waals surface area contributed by atoms with E-state index in [4.69, 9.17) is 0 Å². The zero-order valence-electron chi connectivity index (χ0n) is 12.2. The predicted octanol–water partition coefficient (Wildman–Crippen LogP) is 3.18. The molecule has 0 radical (unpaired) electrons.